The summed E-state index contributed by atoms with van der Waals surface area (Å²) in [4.78, 5) is 17.9. The molecule has 0 atom stereocenters. The third-order valence-electron chi connectivity index (χ3n) is 2.47. The SMILES string of the molecule is CCN(c1nc(C(=O)CCl)cs1)C1CC1. The van der Waals surface area contributed by atoms with Gasteiger partial charge in [-0.1, -0.05) is 0 Å². The molecule has 0 aromatic carbocycles. The Hall–Kier alpha value is -0.610. The van der Waals surface area contributed by atoms with Crippen LogP contribution >= 0.6 is 22.9 Å². The number of aromatic nitrogens is 1. The van der Waals surface area contributed by atoms with Crippen LogP contribution in [0.4, 0.5) is 5.13 Å². The zero-order valence-corrected chi connectivity index (χ0v) is 10.1. The topological polar surface area (TPSA) is 33.2 Å². The number of Topliss-reactive ketones (excluding diaryl/α,β-unsaturated/α-hetero) is 1. The lowest BCUT2D eigenvalue weighted by atomic mass is 10.3. The molecule has 0 saturated heterocycles. The van der Waals surface area contributed by atoms with E-state index in [9.17, 15) is 4.79 Å². The quantitative estimate of drug-likeness (QED) is 0.590. The van der Waals surface area contributed by atoms with Crippen molar-refractivity contribution >= 4 is 33.9 Å². The van der Waals surface area contributed by atoms with E-state index in [4.69, 9.17) is 11.6 Å². The van der Waals surface area contributed by atoms with Crippen LogP contribution in [0.3, 0.4) is 0 Å². The summed E-state index contributed by atoms with van der Waals surface area (Å²) in [5.74, 6) is -0.0790. The normalized spacial score (nSPS) is 15.3. The van der Waals surface area contributed by atoms with E-state index in [1.54, 1.807) is 5.38 Å². The molecule has 1 fully saturated rings. The molecule has 0 radical (unpaired) electrons. The number of hydrogen-bond acceptors (Lipinski definition) is 4. The monoisotopic (exact) mass is 244 g/mol. The predicted octanol–water partition coefficient (Wildman–Crippen LogP) is 2.55. The van der Waals surface area contributed by atoms with Gasteiger partial charge in [-0.3, -0.25) is 4.79 Å². The van der Waals surface area contributed by atoms with E-state index in [1.165, 1.54) is 24.2 Å². The highest BCUT2D eigenvalue weighted by molar-refractivity contribution is 7.14. The van der Waals surface area contributed by atoms with Crippen LogP contribution in [0.1, 0.15) is 30.3 Å². The zero-order valence-electron chi connectivity index (χ0n) is 8.57. The first kappa shape index (κ1) is 10.9. The first-order valence-corrected chi connectivity index (χ1v) is 6.49. The molecule has 1 heterocycles. The van der Waals surface area contributed by atoms with Gasteiger partial charge in [0.2, 0.25) is 0 Å². The molecule has 1 aliphatic carbocycles. The van der Waals surface area contributed by atoms with Crippen molar-refractivity contribution in [3.8, 4) is 0 Å². The van der Waals surface area contributed by atoms with Crippen molar-refractivity contribution in [2.24, 2.45) is 0 Å². The van der Waals surface area contributed by atoms with Gasteiger partial charge in [-0.25, -0.2) is 4.98 Å². The van der Waals surface area contributed by atoms with Gasteiger partial charge in [-0.2, -0.15) is 0 Å². The minimum Gasteiger partial charge on any atom is -0.345 e. The molecule has 1 aliphatic rings. The highest BCUT2D eigenvalue weighted by atomic mass is 35.5. The summed E-state index contributed by atoms with van der Waals surface area (Å²) in [7, 11) is 0. The lowest BCUT2D eigenvalue weighted by Gasteiger charge is -2.18. The van der Waals surface area contributed by atoms with Gasteiger partial charge in [0.05, 0.1) is 5.88 Å². The van der Waals surface area contributed by atoms with Gasteiger partial charge in [0.1, 0.15) is 5.69 Å². The van der Waals surface area contributed by atoms with E-state index in [1.807, 2.05) is 0 Å². The van der Waals surface area contributed by atoms with Crippen molar-refractivity contribution in [3.05, 3.63) is 11.1 Å². The Bertz CT molecular complexity index is 362. The van der Waals surface area contributed by atoms with Crippen LogP contribution in [0.25, 0.3) is 0 Å². The van der Waals surface area contributed by atoms with Gasteiger partial charge in [0.25, 0.3) is 0 Å². The number of rotatable bonds is 5. The first-order valence-electron chi connectivity index (χ1n) is 5.07. The van der Waals surface area contributed by atoms with Crippen LogP contribution in [0.15, 0.2) is 5.38 Å². The van der Waals surface area contributed by atoms with Gasteiger partial charge in [-0.05, 0) is 19.8 Å². The second-order valence-electron chi connectivity index (χ2n) is 3.59. The predicted molar refractivity (Wildman–Crippen MR) is 63.2 cm³/mol. The van der Waals surface area contributed by atoms with E-state index in [0.29, 0.717) is 11.7 Å². The summed E-state index contributed by atoms with van der Waals surface area (Å²) >= 11 is 7.02. The summed E-state index contributed by atoms with van der Waals surface area (Å²) in [6.07, 6.45) is 2.48. The third kappa shape index (κ3) is 2.32. The second kappa shape index (κ2) is 4.49. The average Bonchev–Trinajstić information content (AvgIpc) is 2.96. The fourth-order valence-electron chi connectivity index (χ4n) is 1.53. The minimum atomic E-state index is -0.0917. The number of carbonyl (C=O) groups is 1. The van der Waals surface area contributed by atoms with Crippen molar-refractivity contribution in [3.63, 3.8) is 0 Å². The van der Waals surface area contributed by atoms with E-state index in [2.05, 4.69) is 16.8 Å². The van der Waals surface area contributed by atoms with Crippen LogP contribution in [-0.4, -0.2) is 29.2 Å². The van der Waals surface area contributed by atoms with Crippen molar-refractivity contribution in [2.75, 3.05) is 17.3 Å². The van der Waals surface area contributed by atoms with Crippen LogP contribution in [0.2, 0.25) is 0 Å². The van der Waals surface area contributed by atoms with Gasteiger partial charge in [0, 0.05) is 18.0 Å². The molecule has 2 rings (SSSR count). The summed E-state index contributed by atoms with van der Waals surface area (Å²) in [5.41, 5.74) is 0.504. The molecule has 1 aromatic rings. The summed E-state index contributed by atoms with van der Waals surface area (Å²) in [5, 5.41) is 2.75. The van der Waals surface area contributed by atoms with Gasteiger partial charge >= 0.3 is 0 Å². The van der Waals surface area contributed by atoms with Crippen LogP contribution in [-0.2, 0) is 0 Å². The van der Waals surface area contributed by atoms with Gasteiger partial charge in [-0.15, -0.1) is 22.9 Å². The molecule has 1 saturated carbocycles. The Morgan fingerprint density at radius 3 is 3.00 bits per heavy atom. The first-order chi connectivity index (χ1) is 7.26. The Morgan fingerprint density at radius 2 is 2.47 bits per heavy atom. The van der Waals surface area contributed by atoms with Crippen LogP contribution < -0.4 is 4.90 Å². The standard InChI is InChI=1S/C10H13ClN2OS/c1-2-13(7-3-4-7)10-12-8(6-15-10)9(14)5-11/h6-7H,2-5H2,1H3. The van der Waals surface area contributed by atoms with E-state index in [-0.39, 0.29) is 11.7 Å². The molecule has 3 nitrogen and oxygen atoms in total. The Kier molecular flexibility index (Phi) is 3.26. The second-order valence-corrected chi connectivity index (χ2v) is 4.69. The van der Waals surface area contributed by atoms with Crippen molar-refractivity contribution in [1.29, 1.82) is 0 Å². The summed E-state index contributed by atoms with van der Waals surface area (Å²) < 4.78 is 0. The number of alkyl halides is 1. The van der Waals surface area contributed by atoms with Gasteiger partial charge < -0.3 is 4.90 Å². The number of carbonyl (C=O) groups excluding carboxylic acids is 1. The molecule has 0 amide bonds. The molecule has 0 unspecified atom stereocenters. The van der Waals surface area contributed by atoms with Gasteiger partial charge in [0.15, 0.2) is 10.9 Å². The number of anilines is 1. The maximum atomic E-state index is 11.3. The maximum absolute atomic E-state index is 11.3. The van der Waals surface area contributed by atoms with E-state index < -0.39 is 0 Å². The Balaban J connectivity index is 2.14. The lowest BCUT2D eigenvalue weighted by Crippen LogP contribution is -2.24. The minimum absolute atomic E-state index is 0.0126. The highest BCUT2D eigenvalue weighted by Gasteiger charge is 2.30. The average molecular weight is 245 g/mol. The molecule has 5 heteroatoms. The fraction of sp³-hybridized carbons (Fsp3) is 0.600. The Labute approximate surface area is 98.1 Å². The molecule has 0 aliphatic heterocycles. The largest absolute Gasteiger partial charge is 0.345 e. The van der Waals surface area contributed by atoms with E-state index >= 15 is 0 Å². The molecule has 1 aromatic heterocycles. The number of hydrogen-bond donors (Lipinski definition) is 0. The summed E-state index contributed by atoms with van der Waals surface area (Å²) in [6, 6.07) is 0.639. The molecule has 0 N–H and O–H groups in total. The molecular weight excluding hydrogens is 232 g/mol. The fourth-order valence-corrected chi connectivity index (χ4v) is 2.63. The summed E-state index contributed by atoms with van der Waals surface area (Å²) in [6.45, 7) is 3.06. The van der Waals surface area contributed by atoms with Crippen molar-refractivity contribution in [2.45, 2.75) is 25.8 Å². The Morgan fingerprint density at radius 1 is 1.73 bits per heavy atom. The third-order valence-corrected chi connectivity index (χ3v) is 3.59. The molecular formula is C10H13ClN2OS. The molecule has 0 bridgehead atoms. The number of thiazole rings is 1. The number of halogens is 1. The maximum Gasteiger partial charge on any atom is 0.196 e. The number of ketones is 1. The number of nitrogens with zero attached hydrogens (tertiary/aromatic N) is 2. The van der Waals surface area contributed by atoms with E-state index in [0.717, 1.165) is 11.7 Å². The smallest absolute Gasteiger partial charge is 0.196 e. The van der Waals surface area contributed by atoms with Crippen LogP contribution in [0.5, 0.6) is 0 Å². The van der Waals surface area contributed by atoms with Crippen molar-refractivity contribution < 1.29 is 4.79 Å². The van der Waals surface area contributed by atoms with Crippen LogP contribution in [0, 0.1) is 0 Å². The molecule has 15 heavy (non-hydrogen) atoms. The molecule has 82 valence electrons. The zero-order chi connectivity index (χ0) is 10.8. The molecule has 0 spiro atoms. The van der Waals surface area contributed by atoms with Crippen molar-refractivity contribution in [1.82, 2.24) is 4.98 Å². The lowest BCUT2D eigenvalue weighted by molar-refractivity contribution is 0.101. The highest BCUT2D eigenvalue weighted by Crippen LogP contribution is 2.33.